The van der Waals surface area contributed by atoms with Crippen molar-refractivity contribution in [3.8, 4) is 0 Å². The molecule has 4 amide bonds. The number of hydrazine groups is 1. The summed E-state index contributed by atoms with van der Waals surface area (Å²) < 4.78 is 38.9. The molecule has 1 aromatic rings. The molecule has 0 radical (unpaired) electrons. The molecule has 2 rings (SSSR count). The lowest BCUT2D eigenvalue weighted by Crippen LogP contribution is -2.50. The van der Waals surface area contributed by atoms with Crippen molar-refractivity contribution >= 4 is 40.9 Å². The molecule has 0 saturated carbocycles. The first-order valence-electron chi connectivity index (χ1n) is 7.53. The molecule has 1 fully saturated rings. The molecule has 8 nitrogen and oxygen atoms in total. The lowest BCUT2D eigenvalue weighted by molar-refractivity contribution is -0.137. The Labute approximate surface area is 156 Å². The highest BCUT2D eigenvalue weighted by atomic mass is 35.5. The van der Waals surface area contributed by atoms with Crippen molar-refractivity contribution in [1.29, 1.82) is 0 Å². The number of carbonyl (C=O) groups excluding carboxylic acids is 4. The van der Waals surface area contributed by atoms with E-state index in [-0.39, 0.29) is 18.7 Å². The average molecular weight is 407 g/mol. The Balaban J connectivity index is 2.10. The highest BCUT2D eigenvalue weighted by molar-refractivity contribution is 6.31. The third-order valence-corrected chi connectivity index (χ3v) is 3.87. The van der Waals surface area contributed by atoms with Crippen LogP contribution < -0.4 is 21.1 Å². The van der Waals surface area contributed by atoms with E-state index in [1.54, 1.807) is 0 Å². The minimum atomic E-state index is -4.76. The van der Waals surface area contributed by atoms with Crippen molar-refractivity contribution in [1.82, 2.24) is 16.2 Å². The second-order valence-electron chi connectivity index (χ2n) is 5.59. The third kappa shape index (κ3) is 4.95. The summed E-state index contributed by atoms with van der Waals surface area (Å²) in [7, 11) is 0. The van der Waals surface area contributed by atoms with Crippen LogP contribution in [0.25, 0.3) is 0 Å². The number of halogens is 4. The van der Waals surface area contributed by atoms with Gasteiger partial charge in [-0.15, -0.1) is 0 Å². The number of benzene rings is 1. The fourth-order valence-electron chi connectivity index (χ4n) is 2.30. The summed E-state index contributed by atoms with van der Waals surface area (Å²) in [4.78, 5) is 47.2. The Bertz CT molecular complexity index is 800. The van der Waals surface area contributed by atoms with E-state index < -0.39 is 46.4 Å². The summed E-state index contributed by atoms with van der Waals surface area (Å²) in [6.45, 7) is 0.853. The maximum atomic E-state index is 13.0. The van der Waals surface area contributed by atoms with E-state index in [0.717, 1.165) is 12.1 Å². The summed E-state index contributed by atoms with van der Waals surface area (Å²) in [5.74, 6) is -2.69. The molecule has 1 heterocycles. The van der Waals surface area contributed by atoms with Crippen LogP contribution in [0.4, 0.5) is 18.9 Å². The van der Waals surface area contributed by atoms with Gasteiger partial charge in [-0.1, -0.05) is 11.6 Å². The van der Waals surface area contributed by atoms with Crippen LogP contribution in [-0.4, -0.2) is 36.2 Å². The van der Waals surface area contributed by atoms with Gasteiger partial charge in [0.25, 0.3) is 11.8 Å². The van der Waals surface area contributed by atoms with E-state index in [4.69, 9.17) is 11.6 Å². The van der Waals surface area contributed by atoms with Gasteiger partial charge in [0.05, 0.1) is 29.2 Å². The summed E-state index contributed by atoms with van der Waals surface area (Å²) in [6.07, 6.45) is -5.13. The lowest BCUT2D eigenvalue weighted by Gasteiger charge is -2.18. The van der Waals surface area contributed by atoms with E-state index in [0.29, 0.717) is 11.0 Å². The predicted molar refractivity (Wildman–Crippen MR) is 87.3 cm³/mol. The van der Waals surface area contributed by atoms with Crippen LogP contribution in [-0.2, 0) is 25.4 Å². The molecule has 1 aromatic carbocycles. The smallest absolute Gasteiger partial charge is 0.347 e. The van der Waals surface area contributed by atoms with E-state index >= 15 is 0 Å². The maximum Gasteiger partial charge on any atom is 0.417 e. The Hall–Kier alpha value is -2.66. The molecule has 27 heavy (non-hydrogen) atoms. The number of hydrogen-bond donors (Lipinski definition) is 3. The number of amides is 4. The lowest BCUT2D eigenvalue weighted by atomic mass is 10.2. The number of nitrogens with one attached hydrogen (secondary N) is 3. The molecular formula is C15H14ClF3N4O4. The second-order valence-corrected chi connectivity index (χ2v) is 6.00. The molecule has 0 spiro atoms. The van der Waals surface area contributed by atoms with Gasteiger partial charge in [0, 0.05) is 6.92 Å². The third-order valence-electron chi connectivity index (χ3n) is 3.54. The van der Waals surface area contributed by atoms with Crippen LogP contribution >= 0.6 is 11.6 Å². The van der Waals surface area contributed by atoms with Crippen LogP contribution in [0.3, 0.4) is 0 Å². The zero-order chi connectivity index (χ0) is 20.4. The highest BCUT2D eigenvalue weighted by Crippen LogP contribution is 2.37. The average Bonchev–Trinajstić information content (AvgIpc) is 2.84. The Morgan fingerprint density at radius 3 is 2.56 bits per heavy atom. The molecule has 12 heteroatoms. The largest absolute Gasteiger partial charge is 0.417 e. The van der Waals surface area contributed by atoms with Crippen LogP contribution in [0, 0.1) is 0 Å². The number of carbonyl (C=O) groups is 4. The fourth-order valence-corrected chi connectivity index (χ4v) is 2.53. The molecule has 0 bridgehead atoms. The standard InChI is InChI=1S/C15H14ClF3N4O4/c1-7(24)20-6-12(25)22-21-11-5-13(26)23(14(11)27)8-2-3-10(16)9(4-8)15(17,18)19/h2-4,11,21H,5-6H2,1H3,(H,20,24)(H,22,25)/t11-/m1/s1. The van der Waals surface area contributed by atoms with E-state index in [1.807, 2.05) is 0 Å². The first-order valence-corrected chi connectivity index (χ1v) is 7.91. The van der Waals surface area contributed by atoms with Gasteiger partial charge in [-0.3, -0.25) is 24.6 Å². The Kier molecular flexibility index (Phi) is 6.06. The second kappa shape index (κ2) is 7.92. The predicted octanol–water partition coefficient (Wildman–Crippen LogP) is 0.748. The van der Waals surface area contributed by atoms with Crippen LogP contribution in [0.1, 0.15) is 18.9 Å². The van der Waals surface area contributed by atoms with Crippen molar-refractivity contribution in [3.05, 3.63) is 28.8 Å². The molecule has 0 aromatic heterocycles. The topological polar surface area (TPSA) is 108 Å². The fraction of sp³-hybridized carbons (Fsp3) is 0.333. The van der Waals surface area contributed by atoms with E-state index in [2.05, 4.69) is 16.2 Å². The van der Waals surface area contributed by atoms with Crippen molar-refractivity contribution in [2.24, 2.45) is 0 Å². The number of nitrogens with zero attached hydrogens (tertiary/aromatic N) is 1. The van der Waals surface area contributed by atoms with E-state index in [1.165, 1.54) is 6.92 Å². The monoisotopic (exact) mass is 406 g/mol. The molecule has 1 atom stereocenters. The van der Waals surface area contributed by atoms with Crippen LogP contribution in [0.2, 0.25) is 5.02 Å². The normalized spacial score (nSPS) is 17.2. The first-order chi connectivity index (χ1) is 12.5. The summed E-state index contributed by atoms with van der Waals surface area (Å²) in [6, 6.07) is 1.50. The quantitative estimate of drug-likeness (QED) is 0.494. The molecule has 0 aliphatic carbocycles. The van der Waals surface area contributed by atoms with E-state index in [9.17, 15) is 32.3 Å². The molecule has 146 valence electrons. The SMILES string of the molecule is CC(=O)NCC(=O)NN[C@@H]1CC(=O)N(c2ccc(Cl)c(C(F)(F)F)c2)C1=O. The first kappa shape index (κ1) is 20.6. The number of rotatable bonds is 5. The number of alkyl halides is 3. The highest BCUT2D eigenvalue weighted by Gasteiger charge is 2.41. The van der Waals surface area contributed by atoms with Gasteiger partial charge in [-0.05, 0) is 18.2 Å². The summed E-state index contributed by atoms with van der Waals surface area (Å²) in [5.41, 5.74) is 3.01. The molecule has 1 saturated heterocycles. The molecule has 1 aliphatic rings. The van der Waals surface area contributed by atoms with Crippen molar-refractivity contribution in [2.75, 3.05) is 11.4 Å². The molecule has 3 N–H and O–H groups in total. The molecule has 1 aliphatic heterocycles. The maximum absolute atomic E-state index is 13.0. The molecule has 0 unspecified atom stereocenters. The van der Waals surface area contributed by atoms with Gasteiger partial charge in [-0.25, -0.2) is 10.3 Å². The zero-order valence-electron chi connectivity index (χ0n) is 13.8. The summed E-state index contributed by atoms with van der Waals surface area (Å²) >= 11 is 5.53. The minimum Gasteiger partial charge on any atom is -0.347 e. The van der Waals surface area contributed by atoms with Crippen molar-refractivity contribution < 1.29 is 32.3 Å². The van der Waals surface area contributed by atoms with Gasteiger partial charge in [0.2, 0.25) is 11.8 Å². The number of imide groups is 1. The van der Waals surface area contributed by atoms with Crippen molar-refractivity contribution in [3.63, 3.8) is 0 Å². The molecular weight excluding hydrogens is 393 g/mol. The van der Waals surface area contributed by atoms with Gasteiger partial charge in [-0.2, -0.15) is 13.2 Å². The van der Waals surface area contributed by atoms with Crippen LogP contribution in [0.5, 0.6) is 0 Å². The van der Waals surface area contributed by atoms with Gasteiger partial charge in [0.1, 0.15) is 6.04 Å². The van der Waals surface area contributed by atoms with Crippen LogP contribution in [0.15, 0.2) is 18.2 Å². The Morgan fingerprint density at radius 2 is 1.96 bits per heavy atom. The number of hydrogen-bond acceptors (Lipinski definition) is 5. The number of anilines is 1. The zero-order valence-corrected chi connectivity index (χ0v) is 14.6. The minimum absolute atomic E-state index is 0.282. The summed E-state index contributed by atoms with van der Waals surface area (Å²) in [5, 5.41) is 1.66. The van der Waals surface area contributed by atoms with Gasteiger partial charge in [0.15, 0.2) is 0 Å². The van der Waals surface area contributed by atoms with Gasteiger partial charge < -0.3 is 5.32 Å². The van der Waals surface area contributed by atoms with Crippen molar-refractivity contribution in [2.45, 2.75) is 25.6 Å². The Morgan fingerprint density at radius 1 is 1.30 bits per heavy atom. The van der Waals surface area contributed by atoms with Gasteiger partial charge >= 0.3 is 6.18 Å².